The summed E-state index contributed by atoms with van der Waals surface area (Å²) in [6, 6.07) is 0. The third-order valence-corrected chi connectivity index (χ3v) is 2.68. The number of carbonyl (C=O) groups is 1. The molecule has 2 aromatic rings. The van der Waals surface area contributed by atoms with Gasteiger partial charge < -0.3 is 15.6 Å². The first-order valence-electron chi connectivity index (χ1n) is 5.85. The van der Waals surface area contributed by atoms with Crippen LogP contribution < -0.4 is 11.1 Å². The van der Waals surface area contributed by atoms with Gasteiger partial charge in [0.1, 0.15) is 5.69 Å². The number of amides is 1. The normalized spacial score (nSPS) is 10.7. The number of nitrogens with two attached hydrogens (primary N) is 1. The molecule has 0 spiro atoms. The van der Waals surface area contributed by atoms with Crippen LogP contribution in [0, 0.1) is 13.8 Å². The zero-order valence-electron chi connectivity index (χ0n) is 11.1. The number of nitrogens with one attached hydrogen (secondary N) is 1. The van der Waals surface area contributed by atoms with Crippen molar-refractivity contribution in [3.8, 4) is 0 Å². The number of anilines is 1. The van der Waals surface area contributed by atoms with Crippen molar-refractivity contribution >= 4 is 11.6 Å². The molecule has 2 rings (SSSR count). The van der Waals surface area contributed by atoms with E-state index in [0.29, 0.717) is 41.8 Å². The van der Waals surface area contributed by atoms with E-state index in [4.69, 9.17) is 10.3 Å². The second-order valence-corrected chi connectivity index (χ2v) is 4.21. The van der Waals surface area contributed by atoms with Gasteiger partial charge in [0.25, 0.3) is 5.91 Å². The van der Waals surface area contributed by atoms with Crippen LogP contribution in [0.1, 0.15) is 27.9 Å². The molecule has 3 N–H and O–H groups in total. The summed E-state index contributed by atoms with van der Waals surface area (Å²) in [4.78, 5) is 16.0. The molecule has 8 heteroatoms. The van der Waals surface area contributed by atoms with Gasteiger partial charge in [0.05, 0.1) is 11.4 Å². The van der Waals surface area contributed by atoms with Crippen LogP contribution in [0.15, 0.2) is 4.52 Å². The minimum absolute atomic E-state index is 0.267. The van der Waals surface area contributed by atoms with Gasteiger partial charge in [-0.25, -0.2) is 0 Å². The van der Waals surface area contributed by atoms with Crippen LogP contribution in [0.5, 0.6) is 0 Å². The standard InChI is InChI=1S/C11H16N6O2/c1-6-9(12)10(17(3)15-6)11(18)13-5-4-8-14-7(2)16-19-8/h4-5,12H2,1-3H3,(H,13,18). The van der Waals surface area contributed by atoms with Gasteiger partial charge in [-0.1, -0.05) is 5.16 Å². The Balaban J connectivity index is 1.94. The number of hydrogen-bond donors (Lipinski definition) is 2. The summed E-state index contributed by atoms with van der Waals surface area (Å²) in [6.45, 7) is 3.89. The second-order valence-electron chi connectivity index (χ2n) is 4.21. The third-order valence-electron chi connectivity index (χ3n) is 2.68. The zero-order valence-corrected chi connectivity index (χ0v) is 11.1. The molecule has 1 amide bonds. The van der Waals surface area contributed by atoms with E-state index in [0.717, 1.165) is 0 Å². The van der Waals surface area contributed by atoms with Crippen LogP contribution >= 0.6 is 0 Å². The van der Waals surface area contributed by atoms with Crippen LogP contribution in [0.4, 0.5) is 5.69 Å². The second kappa shape index (κ2) is 5.09. The number of nitrogen functional groups attached to an aromatic ring is 1. The monoisotopic (exact) mass is 264 g/mol. The Labute approximate surface area is 110 Å². The molecule has 0 saturated carbocycles. The fourth-order valence-electron chi connectivity index (χ4n) is 1.75. The Morgan fingerprint density at radius 1 is 1.47 bits per heavy atom. The van der Waals surface area contributed by atoms with Crippen molar-refractivity contribution in [3.05, 3.63) is 23.1 Å². The van der Waals surface area contributed by atoms with Gasteiger partial charge in [0.15, 0.2) is 5.82 Å². The number of aryl methyl sites for hydroxylation is 3. The van der Waals surface area contributed by atoms with E-state index in [-0.39, 0.29) is 5.91 Å². The molecular formula is C11H16N6O2. The Kier molecular flexibility index (Phi) is 3.50. The fraction of sp³-hybridized carbons (Fsp3) is 0.455. The minimum Gasteiger partial charge on any atom is -0.395 e. The maximum Gasteiger partial charge on any atom is 0.271 e. The third kappa shape index (κ3) is 2.72. The maximum absolute atomic E-state index is 12.0. The summed E-state index contributed by atoms with van der Waals surface area (Å²) in [5.41, 5.74) is 7.20. The Morgan fingerprint density at radius 3 is 2.74 bits per heavy atom. The average molecular weight is 264 g/mol. The summed E-state index contributed by atoms with van der Waals surface area (Å²) in [5, 5.41) is 10.5. The molecule has 0 fully saturated rings. The van der Waals surface area contributed by atoms with E-state index in [1.807, 2.05) is 0 Å². The Hall–Kier alpha value is -2.38. The molecule has 0 atom stereocenters. The average Bonchev–Trinajstić information content (AvgIpc) is 2.84. The van der Waals surface area contributed by atoms with E-state index in [9.17, 15) is 4.79 Å². The quantitative estimate of drug-likeness (QED) is 0.802. The first-order valence-corrected chi connectivity index (χ1v) is 5.85. The predicted octanol–water partition coefficient (Wildman–Crippen LogP) is -0.0254. The Morgan fingerprint density at radius 2 is 2.21 bits per heavy atom. The highest BCUT2D eigenvalue weighted by Crippen LogP contribution is 2.14. The predicted molar refractivity (Wildman–Crippen MR) is 67.4 cm³/mol. The molecule has 102 valence electrons. The number of rotatable bonds is 4. The maximum atomic E-state index is 12.0. The van der Waals surface area contributed by atoms with Gasteiger partial charge in [-0.2, -0.15) is 10.1 Å². The lowest BCUT2D eigenvalue weighted by atomic mass is 10.3. The highest BCUT2D eigenvalue weighted by molar-refractivity contribution is 5.97. The highest BCUT2D eigenvalue weighted by Gasteiger charge is 2.17. The van der Waals surface area contributed by atoms with Crippen molar-refractivity contribution in [2.45, 2.75) is 20.3 Å². The summed E-state index contributed by atoms with van der Waals surface area (Å²) in [5.74, 6) is 0.802. The van der Waals surface area contributed by atoms with Gasteiger partial charge in [-0.3, -0.25) is 9.48 Å². The largest absolute Gasteiger partial charge is 0.395 e. The lowest BCUT2D eigenvalue weighted by Crippen LogP contribution is -2.28. The molecule has 19 heavy (non-hydrogen) atoms. The number of carbonyl (C=O) groups excluding carboxylic acids is 1. The van der Waals surface area contributed by atoms with E-state index in [2.05, 4.69) is 20.6 Å². The summed E-state index contributed by atoms with van der Waals surface area (Å²) >= 11 is 0. The number of hydrogen-bond acceptors (Lipinski definition) is 6. The zero-order chi connectivity index (χ0) is 14.0. The van der Waals surface area contributed by atoms with Gasteiger partial charge in [-0.05, 0) is 13.8 Å². The van der Waals surface area contributed by atoms with Crippen molar-refractivity contribution in [1.82, 2.24) is 25.2 Å². The van der Waals surface area contributed by atoms with Crippen LogP contribution in [0.3, 0.4) is 0 Å². The minimum atomic E-state index is -0.267. The topological polar surface area (TPSA) is 112 Å². The molecule has 0 bridgehead atoms. The highest BCUT2D eigenvalue weighted by atomic mass is 16.5. The fourth-order valence-corrected chi connectivity index (χ4v) is 1.75. The van der Waals surface area contributed by atoms with E-state index >= 15 is 0 Å². The molecule has 0 unspecified atom stereocenters. The molecule has 2 heterocycles. The van der Waals surface area contributed by atoms with E-state index in [1.54, 1.807) is 20.9 Å². The molecule has 0 aliphatic carbocycles. The lowest BCUT2D eigenvalue weighted by Gasteiger charge is -2.04. The lowest BCUT2D eigenvalue weighted by molar-refractivity contribution is 0.0945. The summed E-state index contributed by atoms with van der Waals surface area (Å²) in [7, 11) is 1.68. The molecule has 0 aromatic carbocycles. The van der Waals surface area contributed by atoms with Crippen LogP contribution in [0.25, 0.3) is 0 Å². The first kappa shape index (κ1) is 13.1. The van der Waals surface area contributed by atoms with Crippen molar-refractivity contribution in [2.24, 2.45) is 7.05 Å². The van der Waals surface area contributed by atoms with Gasteiger partial charge in [0.2, 0.25) is 5.89 Å². The molecular weight excluding hydrogens is 248 g/mol. The number of nitrogens with zero attached hydrogens (tertiary/aromatic N) is 4. The molecule has 8 nitrogen and oxygen atoms in total. The van der Waals surface area contributed by atoms with Gasteiger partial charge in [0, 0.05) is 20.0 Å². The smallest absolute Gasteiger partial charge is 0.271 e. The summed E-state index contributed by atoms with van der Waals surface area (Å²) < 4.78 is 6.42. The van der Waals surface area contributed by atoms with Crippen molar-refractivity contribution < 1.29 is 9.32 Å². The van der Waals surface area contributed by atoms with Gasteiger partial charge in [-0.15, -0.1) is 0 Å². The summed E-state index contributed by atoms with van der Waals surface area (Å²) in [6.07, 6.45) is 0.476. The van der Waals surface area contributed by atoms with Gasteiger partial charge >= 0.3 is 0 Å². The van der Waals surface area contributed by atoms with E-state index in [1.165, 1.54) is 4.68 Å². The first-order chi connectivity index (χ1) is 8.99. The Bertz CT molecular complexity index is 600. The SMILES string of the molecule is Cc1noc(CCNC(=O)c2c(N)c(C)nn2C)n1. The molecule has 0 aliphatic rings. The molecule has 2 aromatic heterocycles. The van der Waals surface area contributed by atoms with Crippen molar-refractivity contribution in [2.75, 3.05) is 12.3 Å². The molecule has 0 radical (unpaired) electrons. The van der Waals surface area contributed by atoms with Crippen LogP contribution in [0.2, 0.25) is 0 Å². The van der Waals surface area contributed by atoms with Crippen LogP contribution in [-0.2, 0) is 13.5 Å². The van der Waals surface area contributed by atoms with Crippen molar-refractivity contribution in [3.63, 3.8) is 0 Å². The number of aromatic nitrogens is 4. The molecule has 0 aliphatic heterocycles. The van der Waals surface area contributed by atoms with Crippen LogP contribution in [-0.4, -0.2) is 32.4 Å². The van der Waals surface area contributed by atoms with E-state index < -0.39 is 0 Å². The molecule has 0 saturated heterocycles. The van der Waals surface area contributed by atoms with Crippen molar-refractivity contribution in [1.29, 1.82) is 0 Å².